The molecule has 2 bridgehead atoms. The number of cyclic esters (lactones) is 1. The predicted octanol–water partition coefficient (Wildman–Crippen LogP) is 9.86. The number of carbonyl (C=O) groups excluding carboxylic acids is 6. The van der Waals surface area contributed by atoms with Gasteiger partial charge in [-0.25, -0.2) is 38.8 Å². The lowest BCUT2D eigenvalue weighted by Crippen LogP contribution is -2.61. The van der Waals surface area contributed by atoms with E-state index in [-0.39, 0.29) is 79.9 Å². The number of hydrogen-bond acceptors (Lipinski definition) is 32. The summed E-state index contributed by atoms with van der Waals surface area (Å²) < 4.78 is 64.5. The highest BCUT2D eigenvalue weighted by molar-refractivity contribution is 6.39. The van der Waals surface area contributed by atoms with Gasteiger partial charge in [0.25, 0.3) is 17.7 Å². The van der Waals surface area contributed by atoms with Crippen molar-refractivity contribution in [1.29, 1.82) is 0 Å². The molecule has 2 amide bonds. The van der Waals surface area contributed by atoms with E-state index in [0.29, 0.717) is 175 Å². The number of aryl methyl sites for hydroxylation is 1. The number of anilines is 3. The summed E-state index contributed by atoms with van der Waals surface area (Å²) in [5, 5.41) is 50.3. The standard InChI is InChI=1S/C97H133N19O18/c1-61-19-12-11-13-20-62(2)81(125-8)53-74-27-24-67(7)97(124,134-74)90(121)93(122)114-32-16-14-23-77(114)94(123)132-82(54-79(117)63(3)48-66(6)88(120)89(127-10)87(119)65(5)47-61)64(4)49-68-25-28-76(83(50-68)126-9)116-78(57-105-109-116)70-22-18-21-69(51-70)72-55-101-96(102-56-72)112-36-34-111(35-37-112)58-73-59-113(110-107-73)38-40-129-42-44-131-46-45-130-43-41-128-39-30-84(118)100-31-15-17-33-115-92-85(91(98)103-60-104-92)86(108-115)71-26-29-80-75(52-71)106-95(99)133-80/h11-13,18-22,26,29,48,51-52,55-57,59-61,63-65,67-68,74,76-77,81-83,88-89,120,124H,14-17,23-25,27-28,30-47,49-50,53-54,58H2,1-10H3,(H2,99,106)(H,100,118)(H2,98,103,104)/b13-11+,19-12+,62-20+,66-48+/t61-,63-,64-,65-,67-,68+,74+,76+,77+,81+,82?,83-,88-,89+,97-/m1/s1. The Morgan fingerprint density at radius 3 is 2.25 bits per heavy atom. The van der Waals surface area contributed by atoms with E-state index in [1.54, 1.807) is 62.7 Å². The lowest BCUT2D eigenvalue weighted by atomic mass is 9.77. The maximum absolute atomic E-state index is 15.0. The number of aliphatic hydroxyl groups excluding tert-OH is 1. The fourth-order valence-corrected chi connectivity index (χ4v) is 18.7. The number of oxazole rings is 1. The van der Waals surface area contributed by atoms with Gasteiger partial charge in [-0.2, -0.15) is 10.1 Å². The molecule has 13 rings (SSSR count). The molecule has 2 aromatic carbocycles. The Morgan fingerprint density at radius 1 is 0.739 bits per heavy atom. The minimum atomic E-state index is -2.48. The fraction of sp³-hybridized carbons (Fsp3) is 0.588. The molecule has 37 nitrogen and oxygen atoms in total. The third-order valence-corrected chi connectivity index (χ3v) is 26.5. The van der Waals surface area contributed by atoms with Gasteiger partial charge in [0.05, 0.1) is 107 Å². The molecule has 5 aliphatic rings. The highest BCUT2D eigenvalue weighted by Gasteiger charge is 2.53. The van der Waals surface area contributed by atoms with Gasteiger partial charge in [-0.05, 0) is 150 Å². The number of ketones is 3. The van der Waals surface area contributed by atoms with E-state index >= 15 is 0 Å². The SMILES string of the molecule is CO[C@H]1C[C@@H]2CC[C@@H](C)[C@@](O)(O2)C(=O)C(=O)N2CCCC[C@H]2C(=O)OC([C@H](C)C[C@@H]2CC[C@H](n3nncc3-c3cccc(-c4cnc(N5CCN(Cc6cn(CCOCCOCCOCCOCCC(=O)NCCCCn7nc(-c8ccc9oc(N)nc9c8)c8c(N)ncnc87)nn6)CC5)nc4)c3)[C@H](OC)C2)CC(=O)[C@H](C)/C=C(\C)[C@@H](O)[C@@H](OC)C(=O)[C@H](C)C[C@H](C)/C=C/C=C/C=C/1C. The summed E-state index contributed by atoms with van der Waals surface area (Å²) in [7, 11) is 4.65. The summed E-state index contributed by atoms with van der Waals surface area (Å²) >= 11 is 0. The highest BCUT2D eigenvalue weighted by atomic mass is 16.6. The van der Waals surface area contributed by atoms with Gasteiger partial charge < -0.3 is 83.8 Å². The number of piperazine rings is 1. The predicted molar refractivity (Wildman–Crippen MR) is 499 cm³/mol. The Kier molecular flexibility index (Phi) is 36.5. The molecule has 15 atom stereocenters. The van der Waals surface area contributed by atoms with Crippen LogP contribution in [-0.2, 0) is 91.0 Å². The van der Waals surface area contributed by atoms with Gasteiger partial charge in [-0.1, -0.05) is 99.7 Å². The molecule has 0 spiro atoms. The zero-order valence-corrected chi connectivity index (χ0v) is 78.8. The average Bonchev–Trinajstić information content (AvgIpc) is 1.57. The number of carbonyl (C=O) groups is 6. The zero-order valence-electron chi connectivity index (χ0n) is 78.8. The molecule has 1 unspecified atom stereocenters. The summed E-state index contributed by atoms with van der Waals surface area (Å²) in [5.41, 5.74) is 20.8. The number of nitrogens with zero attached hydrogens (tertiary/aromatic N) is 16. The number of allylic oxidation sites excluding steroid dienone is 6. The number of amides is 2. The third kappa shape index (κ3) is 26.2. The molecule has 4 fully saturated rings. The number of esters is 1. The molecule has 724 valence electrons. The molecule has 1 aliphatic carbocycles. The Bertz CT molecular complexity index is 5350. The van der Waals surface area contributed by atoms with Crippen LogP contribution in [0, 0.1) is 35.5 Å². The summed E-state index contributed by atoms with van der Waals surface area (Å²) in [5.74, 6) is -7.56. The van der Waals surface area contributed by atoms with E-state index in [1.165, 1.54) is 18.3 Å². The number of aliphatic hydroxyl groups is 2. The number of piperidine rings is 1. The van der Waals surface area contributed by atoms with Crippen LogP contribution in [0.4, 0.5) is 17.8 Å². The van der Waals surface area contributed by atoms with E-state index < -0.39 is 83.7 Å². The average molecular weight is 1850 g/mol. The smallest absolute Gasteiger partial charge is 0.329 e. The quantitative estimate of drug-likeness (QED) is 0.0110. The lowest BCUT2D eigenvalue weighted by Gasteiger charge is -2.42. The number of nitrogen functional groups attached to an aromatic ring is 2. The molecule has 10 heterocycles. The molecule has 8 aromatic rings. The number of nitrogens with one attached hydrogen (secondary N) is 1. The van der Waals surface area contributed by atoms with Gasteiger partial charge in [-0.15, -0.1) is 10.2 Å². The normalized spacial score (nSPS) is 26.6. The minimum Gasteiger partial charge on any atom is -0.460 e. The molecule has 3 saturated heterocycles. The Hall–Kier alpha value is -10.8. The second-order valence-corrected chi connectivity index (χ2v) is 36.3. The van der Waals surface area contributed by atoms with Gasteiger partial charge in [0.2, 0.25) is 17.6 Å². The topological polar surface area (TPSA) is 457 Å². The maximum atomic E-state index is 15.0. The second kappa shape index (κ2) is 48.6. The molecule has 37 heteroatoms. The van der Waals surface area contributed by atoms with Gasteiger partial charge in [-0.3, -0.25) is 28.9 Å². The number of unbranched alkanes of at least 4 members (excludes halogenated alkanes) is 1. The number of nitrogens with two attached hydrogens (primary N) is 2. The number of benzene rings is 2. The number of rotatable bonds is 33. The largest absolute Gasteiger partial charge is 0.460 e. The summed E-state index contributed by atoms with van der Waals surface area (Å²) in [6, 6.07) is 12.3. The molecular formula is C97H133N19O18. The molecule has 6 aromatic heterocycles. The van der Waals surface area contributed by atoms with E-state index in [4.69, 9.17) is 73.6 Å². The van der Waals surface area contributed by atoms with Crippen molar-refractivity contribution in [3.05, 3.63) is 127 Å². The highest BCUT2D eigenvalue weighted by Crippen LogP contribution is 2.43. The number of aromatic nitrogens is 13. The van der Waals surface area contributed by atoms with Crippen molar-refractivity contribution in [2.45, 2.75) is 219 Å². The number of fused-ring (bicyclic) bond motifs is 5. The van der Waals surface area contributed by atoms with Crippen LogP contribution in [0.1, 0.15) is 157 Å². The number of methoxy groups -OCH3 is 3. The van der Waals surface area contributed by atoms with Gasteiger partial charge in [0.1, 0.15) is 53.5 Å². The van der Waals surface area contributed by atoms with E-state index in [9.17, 15) is 39.0 Å². The van der Waals surface area contributed by atoms with Crippen LogP contribution >= 0.6 is 0 Å². The molecule has 0 radical (unpaired) electrons. The third-order valence-electron chi connectivity index (χ3n) is 26.5. The van der Waals surface area contributed by atoms with Crippen molar-refractivity contribution in [2.75, 3.05) is 130 Å². The zero-order chi connectivity index (χ0) is 95.0. The van der Waals surface area contributed by atoms with Crippen LogP contribution in [-0.4, -0.2) is 282 Å². The van der Waals surface area contributed by atoms with Crippen molar-refractivity contribution in [3.8, 4) is 33.6 Å². The van der Waals surface area contributed by atoms with Crippen molar-refractivity contribution in [1.82, 2.24) is 79.8 Å². The molecule has 1 saturated carbocycles. The van der Waals surface area contributed by atoms with Crippen molar-refractivity contribution in [2.24, 2.45) is 35.5 Å². The van der Waals surface area contributed by atoms with Crippen LogP contribution < -0.4 is 21.7 Å². The lowest BCUT2D eigenvalue weighted by molar-refractivity contribution is -0.265. The number of hydrogen-bond donors (Lipinski definition) is 5. The fourth-order valence-electron chi connectivity index (χ4n) is 18.7. The number of ether oxygens (including phenoxy) is 9. The molecule has 4 aliphatic heterocycles. The van der Waals surface area contributed by atoms with Crippen LogP contribution in [0.15, 0.2) is 126 Å². The summed E-state index contributed by atoms with van der Waals surface area (Å²) in [6.07, 6.45) is 22.0. The first kappa shape index (κ1) is 101. The first-order chi connectivity index (χ1) is 64.8. The Morgan fingerprint density at radius 2 is 1.49 bits per heavy atom. The monoisotopic (exact) mass is 1850 g/mol. The van der Waals surface area contributed by atoms with Gasteiger partial charge in [0, 0.05) is 146 Å². The first-order valence-electron chi connectivity index (χ1n) is 47.2. The van der Waals surface area contributed by atoms with Crippen molar-refractivity contribution >= 4 is 75.0 Å². The van der Waals surface area contributed by atoms with E-state index in [1.807, 2.05) is 112 Å². The van der Waals surface area contributed by atoms with Gasteiger partial charge >= 0.3 is 5.97 Å². The van der Waals surface area contributed by atoms with Crippen LogP contribution in [0.2, 0.25) is 0 Å². The van der Waals surface area contributed by atoms with Gasteiger partial charge in [0.15, 0.2) is 17.0 Å². The number of Topliss-reactive ketones (excluding diaryl/α,β-unsaturated/α-hetero) is 3. The van der Waals surface area contributed by atoms with E-state index in [0.717, 1.165) is 84.7 Å². The van der Waals surface area contributed by atoms with Crippen LogP contribution in [0.25, 0.3) is 55.8 Å². The molecular weight excluding hydrogens is 1720 g/mol. The second-order valence-electron chi connectivity index (χ2n) is 36.3. The Labute approximate surface area is 781 Å². The Balaban J connectivity index is 0.531. The van der Waals surface area contributed by atoms with Crippen LogP contribution in [0.3, 0.4) is 0 Å². The minimum absolute atomic E-state index is 0.0156. The van der Waals surface area contributed by atoms with Crippen molar-refractivity contribution in [3.63, 3.8) is 0 Å². The first-order valence-corrected chi connectivity index (χ1v) is 47.2. The summed E-state index contributed by atoms with van der Waals surface area (Å²) in [4.78, 5) is 114. The summed E-state index contributed by atoms with van der Waals surface area (Å²) in [6.45, 7) is 21.2. The van der Waals surface area contributed by atoms with Crippen molar-refractivity contribution < 1.29 is 86.0 Å². The maximum Gasteiger partial charge on any atom is 0.329 e. The van der Waals surface area contributed by atoms with E-state index in [2.05, 4.69) is 56.8 Å². The molecule has 134 heavy (non-hydrogen) atoms. The molecule has 7 N–H and O–H groups in total. The van der Waals surface area contributed by atoms with Crippen LogP contribution in [0.5, 0.6) is 0 Å².